The second-order valence-corrected chi connectivity index (χ2v) is 2.89. The Morgan fingerprint density at radius 2 is 2.42 bits per heavy atom. The quantitative estimate of drug-likeness (QED) is 0.714. The molecule has 0 saturated carbocycles. The normalized spacial score (nSPS) is 9.83. The monoisotopic (exact) mass is 185 g/mol. The van der Waals surface area contributed by atoms with Crippen LogP contribution in [0.25, 0.3) is 0 Å². The van der Waals surface area contributed by atoms with Crippen LogP contribution >= 0.6 is 11.6 Å². The van der Waals surface area contributed by atoms with Gasteiger partial charge >= 0.3 is 5.97 Å². The van der Waals surface area contributed by atoms with Gasteiger partial charge in [-0.15, -0.1) is 0 Å². The van der Waals surface area contributed by atoms with Crippen molar-refractivity contribution >= 4 is 17.6 Å². The molecule has 64 valence electrons. The van der Waals surface area contributed by atoms with E-state index in [1.54, 1.807) is 6.07 Å². The van der Waals surface area contributed by atoms with Crippen LogP contribution in [0.15, 0.2) is 12.3 Å². The van der Waals surface area contributed by atoms with Gasteiger partial charge in [0.1, 0.15) is 5.15 Å². The van der Waals surface area contributed by atoms with E-state index in [0.29, 0.717) is 10.7 Å². The predicted octanol–water partition coefficient (Wildman–Crippen LogP) is 1.67. The van der Waals surface area contributed by atoms with Gasteiger partial charge in [0.15, 0.2) is 0 Å². The van der Waals surface area contributed by atoms with Crippen molar-refractivity contribution in [2.24, 2.45) is 0 Å². The molecule has 0 unspecified atom stereocenters. The number of rotatable bonds is 2. The molecule has 0 aromatic carbocycles. The van der Waals surface area contributed by atoms with E-state index < -0.39 is 5.97 Å². The Bertz CT molecular complexity index is 312. The fourth-order valence-corrected chi connectivity index (χ4v) is 1.11. The number of aryl methyl sites for hydroxylation is 1. The molecular formula is C8H8ClNO2. The lowest BCUT2D eigenvalue weighted by Gasteiger charge is -2.01. The minimum atomic E-state index is -0.859. The van der Waals surface area contributed by atoms with Crippen LogP contribution in [0.2, 0.25) is 5.15 Å². The Morgan fingerprint density at radius 3 is 2.92 bits per heavy atom. The number of hydrogen-bond donors (Lipinski definition) is 1. The maximum Gasteiger partial charge on any atom is 0.307 e. The molecule has 0 radical (unpaired) electrons. The van der Waals surface area contributed by atoms with Gasteiger partial charge in [-0.05, 0) is 24.1 Å². The second-order valence-electron chi connectivity index (χ2n) is 2.50. The zero-order chi connectivity index (χ0) is 9.14. The van der Waals surface area contributed by atoms with Gasteiger partial charge in [0.25, 0.3) is 0 Å². The molecule has 1 aromatic rings. The third kappa shape index (κ3) is 2.20. The average molecular weight is 186 g/mol. The maximum absolute atomic E-state index is 10.3. The number of carbonyl (C=O) groups is 1. The lowest BCUT2D eigenvalue weighted by Crippen LogP contribution is -2.02. The lowest BCUT2D eigenvalue weighted by molar-refractivity contribution is -0.136. The molecule has 0 aliphatic carbocycles. The Hall–Kier alpha value is -1.09. The number of nitrogens with zero attached hydrogens (tertiary/aromatic N) is 1. The molecule has 1 N–H and O–H groups in total. The van der Waals surface area contributed by atoms with E-state index in [4.69, 9.17) is 16.7 Å². The van der Waals surface area contributed by atoms with E-state index in [-0.39, 0.29) is 6.42 Å². The summed E-state index contributed by atoms with van der Waals surface area (Å²) < 4.78 is 0. The number of halogens is 1. The summed E-state index contributed by atoms with van der Waals surface area (Å²) in [6.07, 6.45) is 1.49. The van der Waals surface area contributed by atoms with Gasteiger partial charge in [0, 0.05) is 6.20 Å². The molecule has 4 heteroatoms. The van der Waals surface area contributed by atoms with Crippen molar-refractivity contribution in [2.75, 3.05) is 0 Å². The molecule has 0 atom stereocenters. The number of aliphatic carboxylic acids is 1. The van der Waals surface area contributed by atoms with Gasteiger partial charge in [-0.2, -0.15) is 0 Å². The van der Waals surface area contributed by atoms with E-state index in [0.717, 1.165) is 5.56 Å². The molecule has 1 rings (SSSR count). The first kappa shape index (κ1) is 9.00. The molecule has 3 nitrogen and oxygen atoms in total. The smallest absolute Gasteiger partial charge is 0.307 e. The third-order valence-corrected chi connectivity index (χ3v) is 1.73. The van der Waals surface area contributed by atoms with E-state index in [2.05, 4.69) is 4.98 Å². The number of carboxylic acids is 1. The zero-order valence-corrected chi connectivity index (χ0v) is 7.30. The Morgan fingerprint density at radius 1 is 1.75 bits per heavy atom. The van der Waals surface area contributed by atoms with Crippen molar-refractivity contribution in [3.05, 3.63) is 28.5 Å². The summed E-state index contributed by atoms with van der Waals surface area (Å²) >= 11 is 5.59. The number of pyridine rings is 1. The first-order valence-electron chi connectivity index (χ1n) is 3.42. The van der Waals surface area contributed by atoms with Gasteiger partial charge < -0.3 is 5.11 Å². The average Bonchev–Trinajstić information content (AvgIpc) is 1.94. The van der Waals surface area contributed by atoms with E-state index in [1.165, 1.54) is 6.20 Å². The highest BCUT2D eigenvalue weighted by molar-refractivity contribution is 6.29. The first-order chi connectivity index (χ1) is 5.59. The van der Waals surface area contributed by atoms with Crippen molar-refractivity contribution in [1.29, 1.82) is 0 Å². The maximum atomic E-state index is 10.3. The molecule has 0 aliphatic rings. The van der Waals surface area contributed by atoms with Gasteiger partial charge in [-0.1, -0.05) is 11.6 Å². The minimum absolute atomic E-state index is 0.00397. The van der Waals surface area contributed by atoms with Crippen molar-refractivity contribution < 1.29 is 9.90 Å². The molecule has 0 bridgehead atoms. The van der Waals surface area contributed by atoms with Crippen LogP contribution < -0.4 is 0 Å². The van der Waals surface area contributed by atoms with Crippen LogP contribution in [0.3, 0.4) is 0 Å². The van der Waals surface area contributed by atoms with Crippen LogP contribution in [-0.2, 0) is 11.2 Å². The van der Waals surface area contributed by atoms with Crippen LogP contribution in [0, 0.1) is 6.92 Å². The summed E-state index contributed by atoms with van der Waals surface area (Å²) in [5.41, 5.74) is 1.56. The topological polar surface area (TPSA) is 50.2 Å². The van der Waals surface area contributed by atoms with Crippen LogP contribution in [0.5, 0.6) is 0 Å². The molecule has 1 heterocycles. The standard InChI is InChI=1S/C8H8ClNO2/c1-5-2-7(9)10-4-6(5)3-8(11)12/h2,4H,3H2,1H3,(H,11,12). The zero-order valence-electron chi connectivity index (χ0n) is 6.54. The van der Waals surface area contributed by atoms with Crippen molar-refractivity contribution in [3.8, 4) is 0 Å². The van der Waals surface area contributed by atoms with Gasteiger partial charge in [-0.3, -0.25) is 4.79 Å². The fraction of sp³-hybridized carbons (Fsp3) is 0.250. The summed E-state index contributed by atoms with van der Waals surface area (Å²) in [5, 5.41) is 8.89. The summed E-state index contributed by atoms with van der Waals surface area (Å²) in [6, 6.07) is 1.65. The van der Waals surface area contributed by atoms with E-state index in [9.17, 15) is 4.79 Å². The molecule has 0 amide bonds. The van der Waals surface area contributed by atoms with Crippen molar-refractivity contribution in [2.45, 2.75) is 13.3 Å². The van der Waals surface area contributed by atoms with Gasteiger partial charge in [-0.25, -0.2) is 4.98 Å². The van der Waals surface area contributed by atoms with Crippen molar-refractivity contribution in [1.82, 2.24) is 4.98 Å². The largest absolute Gasteiger partial charge is 0.481 e. The minimum Gasteiger partial charge on any atom is -0.481 e. The van der Waals surface area contributed by atoms with Crippen LogP contribution in [0.4, 0.5) is 0 Å². The molecular weight excluding hydrogens is 178 g/mol. The van der Waals surface area contributed by atoms with Crippen LogP contribution in [0.1, 0.15) is 11.1 Å². The molecule has 12 heavy (non-hydrogen) atoms. The highest BCUT2D eigenvalue weighted by atomic mass is 35.5. The summed E-state index contributed by atoms with van der Waals surface area (Å²) in [7, 11) is 0. The van der Waals surface area contributed by atoms with Gasteiger partial charge in [0.05, 0.1) is 6.42 Å². The number of carboxylic acid groups (broad SMARTS) is 1. The lowest BCUT2D eigenvalue weighted by atomic mass is 10.1. The molecule has 1 aromatic heterocycles. The molecule has 0 spiro atoms. The van der Waals surface area contributed by atoms with Crippen LogP contribution in [-0.4, -0.2) is 16.1 Å². The summed E-state index contributed by atoms with van der Waals surface area (Å²) in [6.45, 7) is 1.81. The highest BCUT2D eigenvalue weighted by Gasteiger charge is 2.04. The van der Waals surface area contributed by atoms with Gasteiger partial charge in [0.2, 0.25) is 0 Å². The highest BCUT2D eigenvalue weighted by Crippen LogP contribution is 2.12. The fourth-order valence-electron chi connectivity index (χ4n) is 0.898. The summed E-state index contributed by atoms with van der Waals surface area (Å²) in [5.74, 6) is -0.859. The summed E-state index contributed by atoms with van der Waals surface area (Å²) in [4.78, 5) is 14.1. The molecule has 0 fully saturated rings. The SMILES string of the molecule is Cc1cc(Cl)ncc1CC(=O)O. The van der Waals surface area contributed by atoms with Crippen molar-refractivity contribution in [3.63, 3.8) is 0 Å². The number of hydrogen-bond acceptors (Lipinski definition) is 2. The van der Waals surface area contributed by atoms with E-state index in [1.807, 2.05) is 6.92 Å². The third-order valence-electron chi connectivity index (χ3n) is 1.53. The predicted molar refractivity (Wildman–Crippen MR) is 45.3 cm³/mol. The first-order valence-corrected chi connectivity index (χ1v) is 3.80. The second kappa shape index (κ2) is 3.54. The molecule has 0 saturated heterocycles. The Kier molecular flexibility index (Phi) is 2.65. The molecule has 0 aliphatic heterocycles. The Labute approximate surface area is 75.0 Å². The Balaban J connectivity index is 2.93. The number of aromatic nitrogens is 1. The van der Waals surface area contributed by atoms with E-state index >= 15 is 0 Å².